The van der Waals surface area contributed by atoms with E-state index >= 15 is 0 Å². The number of nitrogens with one attached hydrogen (secondary N) is 1. The van der Waals surface area contributed by atoms with Gasteiger partial charge in [-0.1, -0.05) is 92.7 Å². The lowest BCUT2D eigenvalue weighted by Gasteiger charge is -2.34. The molecule has 4 rings (SSSR count). The third-order valence-electron chi connectivity index (χ3n) is 8.37. The van der Waals surface area contributed by atoms with Gasteiger partial charge in [-0.25, -0.2) is 4.79 Å². The zero-order chi connectivity index (χ0) is 32.5. The Bertz CT molecular complexity index is 1410. The summed E-state index contributed by atoms with van der Waals surface area (Å²) in [4.78, 5) is 41.6. The Morgan fingerprint density at radius 3 is 2.18 bits per heavy atom. The Balaban J connectivity index is 1.60. The van der Waals surface area contributed by atoms with Crippen LogP contribution in [0.15, 0.2) is 78.9 Å². The van der Waals surface area contributed by atoms with E-state index in [0.717, 1.165) is 22.3 Å². The minimum atomic E-state index is -1.19. The second-order valence-electron chi connectivity index (χ2n) is 12.1. The normalized spacial score (nSPS) is 16.4. The van der Waals surface area contributed by atoms with E-state index in [1.165, 1.54) is 4.90 Å². The van der Waals surface area contributed by atoms with Crippen molar-refractivity contribution in [3.63, 3.8) is 0 Å². The van der Waals surface area contributed by atoms with Crippen molar-refractivity contribution < 1.29 is 29.0 Å². The minimum absolute atomic E-state index is 0.0169. The van der Waals surface area contributed by atoms with Crippen LogP contribution in [0.25, 0.3) is 0 Å². The lowest BCUT2D eigenvalue weighted by molar-refractivity contribution is -0.130. The number of aliphatic hydroxyl groups excluding tert-OH is 1. The van der Waals surface area contributed by atoms with Gasteiger partial charge in [0.05, 0.1) is 30.8 Å². The van der Waals surface area contributed by atoms with Crippen LogP contribution in [0.4, 0.5) is 4.79 Å². The number of aryl methyl sites for hydroxylation is 2. The SMILES string of the molecule is Cc1cccc(C)c1OCC(=O)N[C@@H](C(N)c1ccccc1)[C@@H](O)C[C@H](Cc1ccccc1)C(=O)[C@H](C(C)C)N1CCOC1=O. The smallest absolute Gasteiger partial charge is 0.410 e. The number of rotatable bonds is 15. The van der Waals surface area contributed by atoms with Gasteiger partial charge in [-0.05, 0) is 54.9 Å². The second kappa shape index (κ2) is 15.7. The molecule has 1 aliphatic rings. The largest absolute Gasteiger partial charge is 0.483 e. The number of hydrogen-bond acceptors (Lipinski definition) is 7. The van der Waals surface area contributed by atoms with Gasteiger partial charge in [0.25, 0.3) is 5.91 Å². The van der Waals surface area contributed by atoms with Crippen LogP contribution >= 0.6 is 0 Å². The van der Waals surface area contributed by atoms with Crippen LogP contribution in [-0.4, -0.2) is 65.7 Å². The molecule has 45 heavy (non-hydrogen) atoms. The van der Waals surface area contributed by atoms with Crippen molar-refractivity contribution in [1.82, 2.24) is 10.2 Å². The fourth-order valence-corrected chi connectivity index (χ4v) is 6.08. The Morgan fingerprint density at radius 1 is 0.978 bits per heavy atom. The van der Waals surface area contributed by atoms with Crippen molar-refractivity contribution in [1.29, 1.82) is 0 Å². The van der Waals surface area contributed by atoms with E-state index in [1.807, 2.05) is 107 Å². The Hall–Kier alpha value is -4.21. The molecular formula is C36H45N3O6. The molecule has 0 aromatic heterocycles. The molecule has 1 heterocycles. The maximum absolute atomic E-state index is 14.3. The summed E-state index contributed by atoms with van der Waals surface area (Å²) < 4.78 is 11.0. The minimum Gasteiger partial charge on any atom is -0.483 e. The van der Waals surface area contributed by atoms with Gasteiger partial charge >= 0.3 is 6.09 Å². The molecule has 1 unspecified atom stereocenters. The fourth-order valence-electron chi connectivity index (χ4n) is 6.08. The number of ketones is 1. The van der Waals surface area contributed by atoms with Gasteiger partial charge in [0.1, 0.15) is 12.4 Å². The number of nitrogens with two attached hydrogens (primary N) is 1. The summed E-state index contributed by atoms with van der Waals surface area (Å²) in [5.74, 6) is -0.827. The predicted molar refractivity (Wildman–Crippen MR) is 173 cm³/mol. The van der Waals surface area contributed by atoms with Gasteiger partial charge in [-0.15, -0.1) is 0 Å². The molecule has 9 heteroatoms. The van der Waals surface area contributed by atoms with Gasteiger partial charge in [0.2, 0.25) is 0 Å². The lowest BCUT2D eigenvalue weighted by Crippen LogP contribution is -2.53. The number of cyclic esters (lactones) is 1. The van der Waals surface area contributed by atoms with Crippen LogP contribution in [0, 0.1) is 25.7 Å². The van der Waals surface area contributed by atoms with E-state index < -0.39 is 42.1 Å². The Morgan fingerprint density at radius 2 is 1.60 bits per heavy atom. The third-order valence-corrected chi connectivity index (χ3v) is 8.37. The number of amides is 2. The molecule has 3 aromatic rings. The first kappa shape index (κ1) is 33.7. The number of ether oxygens (including phenoxy) is 2. The average molecular weight is 616 g/mol. The molecule has 1 saturated heterocycles. The quantitative estimate of drug-likeness (QED) is 0.229. The van der Waals surface area contributed by atoms with Crippen molar-refractivity contribution in [3.8, 4) is 5.75 Å². The highest BCUT2D eigenvalue weighted by atomic mass is 16.6. The molecule has 0 bridgehead atoms. The van der Waals surface area contributed by atoms with Gasteiger partial charge in [-0.3, -0.25) is 14.5 Å². The number of carbonyl (C=O) groups excluding carboxylic acids is 3. The number of hydrogen-bond donors (Lipinski definition) is 3. The molecule has 0 radical (unpaired) electrons. The molecule has 2 amide bonds. The standard InChI is InChI=1S/C36H45N3O6/c1-23(2)33(39-18-19-44-36(39)43)34(42)28(20-26-14-7-5-8-15-26)21-29(40)32(31(37)27-16-9-6-10-17-27)38-30(41)22-45-35-24(3)12-11-13-25(35)4/h5-17,23,28-29,31-33,40H,18-22,37H2,1-4H3,(H,38,41)/t28-,29-,31?,32+,33-/m0/s1. The number of Topliss-reactive ketones (excluding diaryl/α,β-unsaturated/α-hetero) is 1. The van der Waals surface area contributed by atoms with Crippen molar-refractivity contribution in [2.75, 3.05) is 19.8 Å². The molecule has 1 fully saturated rings. The predicted octanol–water partition coefficient (Wildman–Crippen LogP) is 4.52. The first-order valence-electron chi connectivity index (χ1n) is 15.5. The maximum atomic E-state index is 14.3. The molecule has 0 saturated carbocycles. The highest BCUT2D eigenvalue weighted by Gasteiger charge is 2.41. The van der Waals surface area contributed by atoms with Gasteiger partial charge in [-0.2, -0.15) is 0 Å². The molecule has 1 aliphatic heterocycles. The summed E-state index contributed by atoms with van der Waals surface area (Å²) in [5.41, 5.74) is 10.2. The summed E-state index contributed by atoms with van der Waals surface area (Å²) in [6.45, 7) is 7.90. The number of carbonyl (C=O) groups is 3. The number of para-hydroxylation sites is 1. The first-order valence-corrected chi connectivity index (χ1v) is 15.5. The third kappa shape index (κ3) is 8.71. The Kier molecular flexibility index (Phi) is 11.7. The average Bonchev–Trinajstić information content (AvgIpc) is 3.44. The molecule has 0 spiro atoms. The van der Waals surface area contributed by atoms with Crippen LogP contribution in [0.3, 0.4) is 0 Å². The molecule has 240 valence electrons. The summed E-state index contributed by atoms with van der Waals surface area (Å²) in [7, 11) is 0. The Labute approximate surface area is 265 Å². The van der Waals surface area contributed by atoms with E-state index in [0.29, 0.717) is 18.7 Å². The molecule has 4 N–H and O–H groups in total. The summed E-state index contributed by atoms with van der Waals surface area (Å²) >= 11 is 0. The lowest BCUT2D eigenvalue weighted by atomic mass is 9.81. The molecular weight excluding hydrogens is 570 g/mol. The van der Waals surface area contributed by atoms with Crippen LogP contribution in [-0.2, 0) is 20.7 Å². The van der Waals surface area contributed by atoms with Crippen LogP contribution in [0.5, 0.6) is 5.75 Å². The van der Waals surface area contributed by atoms with E-state index in [-0.39, 0.29) is 31.3 Å². The number of benzene rings is 3. The zero-order valence-corrected chi connectivity index (χ0v) is 26.5. The van der Waals surface area contributed by atoms with Gasteiger partial charge in [0.15, 0.2) is 12.4 Å². The van der Waals surface area contributed by atoms with E-state index in [4.69, 9.17) is 15.2 Å². The molecule has 9 nitrogen and oxygen atoms in total. The fraction of sp³-hybridized carbons (Fsp3) is 0.417. The van der Waals surface area contributed by atoms with Gasteiger partial charge in [0, 0.05) is 5.92 Å². The van der Waals surface area contributed by atoms with E-state index in [9.17, 15) is 19.5 Å². The van der Waals surface area contributed by atoms with E-state index in [2.05, 4.69) is 5.32 Å². The van der Waals surface area contributed by atoms with Crippen molar-refractivity contribution >= 4 is 17.8 Å². The highest BCUT2D eigenvalue weighted by Crippen LogP contribution is 2.28. The van der Waals surface area contributed by atoms with Crippen molar-refractivity contribution in [2.45, 2.75) is 64.8 Å². The summed E-state index contributed by atoms with van der Waals surface area (Å²) in [6, 6.07) is 22.1. The van der Waals surface area contributed by atoms with Gasteiger partial charge < -0.3 is 25.6 Å². The van der Waals surface area contributed by atoms with Crippen molar-refractivity contribution in [3.05, 3.63) is 101 Å². The summed E-state index contributed by atoms with van der Waals surface area (Å²) in [5, 5.41) is 14.7. The molecule has 5 atom stereocenters. The van der Waals surface area contributed by atoms with E-state index in [1.54, 1.807) is 0 Å². The molecule has 0 aliphatic carbocycles. The highest BCUT2D eigenvalue weighted by molar-refractivity contribution is 5.90. The van der Waals surface area contributed by atoms with Crippen LogP contribution in [0.1, 0.15) is 48.6 Å². The summed E-state index contributed by atoms with van der Waals surface area (Å²) in [6.07, 6.45) is -1.34. The topological polar surface area (TPSA) is 131 Å². The second-order valence-corrected chi connectivity index (χ2v) is 12.1. The first-order chi connectivity index (χ1) is 21.6. The van der Waals surface area contributed by atoms with Crippen LogP contribution in [0.2, 0.25) is 0 Å². The maximum Gasteiger partial charge on any atom is 0.410 e. The number of nitrogens with zero attached hydrogens (tertiary/aromatic N) is 1. The van der Waals surface area contributed by atoms with Crippen LogP contribution < -0.4 is 15.8 Å². The zero-order valence-electron chi connectivity index (χ0n) is 26.5. The van der Waals surface area contributed by atoms with Crippen molar-refractivity contribution in [2.24, 2.45) is 17.6 Å². The molecule has 3 aromatic carbocycles. The number of aliphatic hydroxyl groups is 1. The monoisotopic (exact) mass is 615 g/mol.